The Morgan fingerprint density at radius 3 is 2.65 bits per heavy atom. The first-order chi connectivity index (χ1) is 12.6. The van der Waals surface area contributed by atoms with E-state index in [-0.39, 0.29) is 5.91 Å². The number of thioether (sulfide) groups is 1. The number of benzene rings is 1. The second-order valence-corrected chi connectivity index (χ2v) is 7.92. The van der Waals surface area contributed by atoms with Crippen LogP contribution in [-0.4, -0.2) is 36.7 Å². The van der Waals surface area contributed by atoms with Crippen LogP contribution in [0.3, 0.4) is 0 Å². The summed E-state index contributed by atoms with van der Waals surface area (Å²) >= 11 is 1.81. The molecule has 0 spiro atoms. The summed E-state index contributed by atoms with van der Waals surface area (Å²) in [5.41, 5.74) is 2.08. The average molecular weight is 373 g/mol. The first-order valence-corrected chi connectivity index (χ1v) is 10.5. The second-order valence-electron chi connectivity index (χ2n) is 7.07. The molecule has 4 nitrogen and oxygen atoms in total. The highest BCUT2D eigenvalue weighted by Crippen LogP contribution is 2.24. The Labute approximate surface area is 160 Å². The first kappa shape index (κ1) is 19.1. The number of carbonyl (C=O) groups excluding carboxylic acids is 1. The molecule has 0 bridgehead atoms. The van der Waals surface area contributed by atoms with Crippen LogP contribution in [0, 0.1) is 19.8 Å². The molecule has 0 unspecified atom stereocenters. The molecule has 2 aromatic rings. The molecular formula is C21H28N2O2S. The fraction of sp³-hybridized carbons (Fsp3) is 0.476. The molecule has 1 amide bonds. The van der Waals surface area contributed by atoms with Gasteiger partial charge in [0.1, 0.15) is 11.5 Å². The van der Waals surface area contributed by atoms with Gasteiger partial charge in [-0.3, -0.25) is 9.69 Å². The molecule has 1 fully saturated rings. The summed E-state index contributed by atoms with van der Waals surface area (Å²) in [6, 6.07) is 10.5. The molecule has 2 heterocycles. The van der Waals surface area contributed by atoms with Gasteiger partial charge in [-0.05, 0) is 69.6 Å². The van der Waals surface area contributed by atoms with Crippen LogP contribution in [0.25, 0.3) is 0 Å². The molecule has 0 saturated carbocycles. The zero-order chi connectivity index (χ0) is 18.5. The largest absolute Gasteiger partial charge is 0.466 e. The van der Waals surface area contributed by atoms with Crippen LogP contribution in [0.15, 0.2) is 39.6 Å². The van der Waals surface area contributed by atoms with E-state index in [0.717, 1.165) is 44.8 Å². The maximum Gasteiger partial charge on any atom is 0.254 e. The molecule has 5 heteroatoms. The number of hydrogen-bond donors (Lipinski definition) is 1. The molecule has 26 heavy (non-hydrogen) atoms. The van der Waals surface area contributed by atoms with Crippen molar-refractivity contribution in [3.05, 3.63) is 53.0 Å². The Balaban J connectivity index is 1.45. The maximum absolute atomic E-state index is 12.3. The summed E-state index contributed by atoms with van der Waals surface area (Å²) in [6.45, 7) is 7.66. The average Bonchev–Trinajstić information content (AvgIpc) is 2.99. The highest BCUT2D eigenvalue weighted by Gasteiger charge is 2.21. The number of nitrogens with one attached hydrogen (secondary N) is 1. The topological polar surface area (TPSA) is 45.5 Å². The van der Waals surface area contributed by atoms with Crippen molar-refractivity contribution < 1.29 is 9.21 Å². The van der Waals surface area contributed by atoms with E-state index in [1.165, 1.54) is 10.5 Å². The van der Waals surface area contributed by atoms with Crippen molar-refractivity contribution in [2.24, 2.45) is 5.92 Å². The van der Waals surface area contributed by atoms with E-state index in [0.29, 0.717) is 17.2 Å². The first-order valence-electron chi connectivity index (χ1n) is 9.26. The number of hydrogen-bond acceptors (Lipinski definition) is 4. The van der Waals surface area contributed by atoms with Crippen molar-refractivity contribution in [1.82, 2.24) is 10.2 Å². The van der Waals surface area contributed by atoms with Crippen LogP contribution in [0.2, 0.25) is 0 Å². The molecule has 140 valence electrons. The minimum absolute atomic E-state index is 0.0179. The van der Waals surface area contributed by atoms with Gasteiger partial charge in [-0.15, -0.1) is 11.8 Å². The van der Waals surface area contributed by atoms with Crippen molar-refractivity contribution in [3.63, 3.8) is 0 Å². The summed E-state index contributed by atoms with van der Waals surface area (Å²) < 4.78 is 5.45. The van der Waals surface area contributed by atoms with Gasteiger partial charge in [-0.2, -0.15) is 0 Å². The minimum atomic E-state index is -0.0179. The van der Waals surface area contributed by atoms with E-state index in [1.807, 2.05) is 31.7 Å². The number of amides is 1. The normalized spacial score (nSPS) is 16.0. The third-order valence-electron chi connectivity index (χ3n) is 5.13. The van der Waals surface area contributed by atoms with E-state index >= 15 is 0 Å². The van der Waals surface area contributed by atoms with Crippen LogP contribution in [-0.2, 0) is 6.54 Å². The van der Waals surface area contributed by atoms with E-state index < -0.39 is 0 Å². The second kappa shape index (κ2) is 8.78. The minimum Gasteiger partial charge on any atom is -0.466 e. The Morgan fingerprint density at radius 2 is 2.00 bits per heavy atom. The number of carbonyl (C=O) groups is 1. The van der Waals surface area contributed by atoms with Gasteiger partial charge in [0.05, 0.1) is 5.56 Å². The zero-order valence-electron chi connectivity index (χ0n) is 15.9. The Bertz CT molecular complexity index is 748. The quantitative estimate of drug-likeness (QED) is 0.770. The van der Waals surface area contributed by atoms with Gasteiger partial charge in [0.25, 0.3) is 5.91 Å². The molecule has 1 aliphatic rings. The maximum atomic E-state index is 12.3. The van der Waals surface area contributed by atoms with Crippen LogP contribution < -0.4 is 5.32 Å². The Kier molecular flexibility index (Phi) is 6.43. The highest BCUT2D eigenvalue weighted by molar-refractivity contribution is 7.98. The summed E-state index contributed by atoms with van der Waals surface area (Å²) in [5.74, 6) is 2.02. The lowest BCUT2D eigenvalue weighted by Gasteiger charge is -2.32. The molecule has 1 N–H and O–H groups in total. The third-order valence-corrected chi connectivity index (χ3v) is 5.97. The van der Waals surface area contributed by atoms with Crippen LogP contribution in [0.4, 0.5) is 0 Å². The number of piperidine rings is 1. The molecule has 0 atom stereocenters. The third kappa shape index (κ3) is 4.71. The van der Waals surface area contributed by atoms with Crippen molar-refractivity contribution in [2.75, 3.05) is 25.9 Å². The lowest BCUT2D eigenvalue weighted by Crippen LogP contribution is -2.38. The van der Waals surface area contributed by atoms with Crippen LogP contribution in [0.1, 0.15) is 40.3 Å². The van der Waals surface area contributed by atoms with Gasteiger partial charge in [0.2, 0.25) is 0 Å². The molecule has 1 aromatic carbocycles. The lowest BCUT2D eigenvalue weighted by atomic mass is 9.96. The fourth-order valence-corrected chi connectivity index (χ4v) is 4.22. The van der Waals surface area contributed by atoms with E-state index in [1.54, 1.807) is 0 Å². The molecule has 1 saturated heterocycles. The lowest BCUT2D eigenvalue weighted by molar-refractivity contribution is 0.0933. The molecular weight excluding hydrogens is 344 g/mol. The van der Waals surface area contributed by atoms with E-state index in [2.05, 4.69) is 40.7 Å². The number of nitrogens with zero attached hydrogens (tertiary/aromatic N) is 1. The van der Waals surface area contributed by atoms with Gasteiger partial charge in [0.15, 0.2) is 0 Å². The van der Waals surface area contributed by atoms with Crippen molar-refractivity contribution in [3.8, 4) is 0 Å². The summed E-state index contributed by atoms with van der Waals surface area (Å²) in [7, 11) is 0. The number of furan rings is 1. The van der Waals surface area contributed by atoms with Gasteiger partial charge < -0.3 is 9.73 Å². The number of likely N-dealkylation sites (tertiary alicyclic amines) is 1. The molecule has 3 rings (SSSR count). The van der Waals surface area contributed by atoms with Crippen molar-refractivity contribution in [1.29, 1.82) is 0 Å². The van der Waals surface area contributed by atoms with Gasteiger partial charge in [-0.25, -0.2) is 0 Å². The van der Waals surface area contributed by atoms with Crippen molar-refractivity contribution in [2.45, 2.75) is 38.1 Å². The number of aryl methyl sites for hydroxylation is 2. The Hall–Kier alpha value is -1.72. The smallest absolute Gasteiger partial charge is 0.254 e. The molecule has 0 aliphatic carbocycles. The molecule has 1 aromatic heterocycles. The van der Waals surface area contributed by atoms with E-state index in [4.69, 9.17) is 4.42 Å². The van der Waals surface area contributed by atoms with Gasteiger partial charge >= 0.3 is 0 Å². The predicted molar refractivity (Wildman–Crippen MR) is 107 cm³/mol. The van der Waals surface area contributed by atoms with Gasteiger partial charge in [-0.1, -0.05) is 18.2 Å². The Morgan fingerprint density at radius 1 is 1.27 bits per heavy atom. The van der Waals surface area contributed by atoms with Gasteiger partial charge in [0, 0.05) is 18.0 Å². The number of rotatable bonds is 6. The van der Waals surface area contributed by atoms with Crippen molar-refractivity contribution >= 4 is 17.7 Å². The zero-order valence-corrected chi connectivity index (χ0v) is 16.7. The van der Waals surface area contributed by atoms with Crippen LogP contribution >= 0.6 is 11.8 Å². The highest BCUT2D eigenvalue weighted by atomic mass is 32.2. The SMILES string of the molecule is CSc1ccccc1CN1CCC(CNC(=O)c2cc(C)oc2C)CC1. The summed E-state index contributed by atoms with van der Waals surface area (Å²) in [5, 5.41) is 3.08. The monoisotopic (exact) mass is 372 g/mol. The molecule has 0 radical (unpaired) electrons. The molecule has 1 aliphatic heterocycles. The van der Waals surface area contributed by atoms with Crippen LogP contribution in [0.5, 0.6) is 0 Å². The van der Waals surface area contributed by atoms with E-state index in [9.17, 15) is 4.79 Å². The fourth-order valence-electron chi connectivity index (χ4n) is 3.61. The standard InChI is InChI=1S/C21H28N2O2S/c1-15-12-19(16(2)25-15)21(24)22-13-17-8-10-23(11-9-17)14-18-6-4-5-7-20(18)26-3/h4-7,12,17H,8-11,13-14H2,1-3H3,(H,22,24). The summed E-state index contributed by atoms with van der Waals surface area (Å²) in [4.78, 5) is 16.2. The predicted octanol–water partition coefficient (Wildman–Crippen LogP) is 4.26. The summed E-state index contributed by atoms with van der Waals surface area (Å²) in [6.07, 6.45) is 4.40.